The van der Waals surface area contributed by atoms with Crippen molar-refractivity contribution in [3.8, 4) is 0 Å². The van der Waals surface area contributed by atoms with Gasteiger partial charge in [0.1, 0.15) is 17.5 Å². The van der Waals surface area contributed by atoms with Crippen LogP contribution in [0, 0.1) is 24.4 Å². The first-order valence-corrected chi connectivity index (χ1v) is 6.48. The zero-order valence-electron chi connectivity index (χ0n) is 11.4. The van der Waals surface area contributed by atoms with E-state index in [2.05, 4.69) is 5.32 Å². The maximum Gasteiger partial charge on any atom is 0.128 e. The van der Waals surface area contributed by atoms with Crippen LogP contribution in [0.15, 0.2) is 36.4 Å². The van der Waals surface area contributed by atoms with Gasteiger partial charge in [-0.05, 0) is 37.2 Å². The molecule has 0 aliphatic carbocycles. The fraction of sp³-hybridized carbons (Fsp3) is 0.250. The summed E-state index contributed by atoms with van der Waals surface area (Å²) in [5, 5.41) is 3.00. The number of aryl methyl sites for hydroxylation is 1. The molecule has 2 aromatic rings. The molecule has 0 radical (unpaired) electrons. The third-order valence-corrected chi connectivity index (χ3v) is 3.21. The molecule has 0 bridgehead atoms. The summed E-state index contributed by atoms with van der Waals surface area (Å²) in [5.74, 6) is -1.49. The summed E-state index contributed by atoms with van der Waals surface area (Å²) in [5.41, 5.74) is 0.645. The van der Waals surface area contributed by atoms with Gasteiger partial charge in [-0.1, -0.05) is 25.1 Å². The predicted molar refractivity (Wildman–Crippen MR) is 73.0 cm³/mol. The Bertz CT molecular complexity index is 611. The third kappa shape index (κ3) is 2.85. The van der Waals surface area contributed by atoms with Crippen LogP contribution in [-0.2, 0) is 0 Å². The van der Waals surface area contributed by atoms with Gasteiger partial charge in [0.2, 0.25) is 0 Å². The minimum absolute atomic E-state index is 0.111. The Kier molecular flexibility index (Phi) is 4.45. The highest BCUT2D eigenvalue weighted by Gasteiger charge is 2.21. The molecule has 106 valence electrons. The van der Waals surface area contributed by atoms with Crippen molar-refractivity contribution in [2.45, 2.75) is 19.9 Å². The minimum atomic E-state index is -0.712. The van der Waals surface area contributed by atoms with Crippen LogP contribution < -0.4 is 5.32 Å². The average Bonchev–Trinajstić information content (AvgIpc) is 2.42. The van der Waals surface area contributed by atoms with Crippen LogP contribution in [0.3, 0.4) is 0 Å². The molecule has 1 N–H and O–H groups in total. The summed E-state index contributed by atoms with van der Waals surface area (Å²) < 4.78 is 41.7. The number of hydrogen-bond acceptors (Lipinski definition) is 1. The van der Waals surface area contributed by atoms with Gasteiger partial charge in [-0.25, -0.2) is 13.2 Å². The molecule has 1 nitrogen and oxygen atoms in total. The van der Waals surface area contributed by atoms with Crippen LogP contribution in [0.4, 0.5) is 13.2 Å². The van der Waals surface area contributed by atoms with E-state index in [9.17, 15) is 13.2 Å². The highest BCUT2D eigenvalue weighted by molar-refractivity contribution is 5.35. The predicted octanol–water partition coefficient (Wildman–Crippen LogP) is 4.11. The smallest absolute Gasteiger partial charge is 0.128 e. The second kappa shape index (κ2) is 6.09. The maximum atomic E-state index is 14.1. The molecular weight excluding hydrogens is 263 g/mol. The summed E-state index contributed by atoms with van der Waals surface area (Å²) in [6, 6.07) is 7.66. The van der Waals surface area contributed by atoms with E-state index in [1.54, 1.807) is 18.2 Å². The molecule has 2 rings (SSSR count). The van der Waals surface area contributed by atoms with Crippen LogP contribution in [0.5, 0.6) is 0 Å². The summed E-state index contributed by atoms with van der Waals surface area (Å²) in [4.78, 5) is 0. The van der Waals surface area contributed by atoms with E-state index in [1.807, 2.05) is 6.92 Å². The summed E-state index contributed by atoms with van der Waals surface area (Å²) >= 11 is 0. The van der Waals surface area contributed by atoms with Crippen molar-refractivity contribution in [1.29, 1.82) is 0 Å². The van der Waals surface area contributed by atoms with Crippen molar-refractivity contribution in [3.63, 3.8) is 0 Å². The van der Waals surface area contributed by atoms with Gasteiger partial charge < -0.3 is 5.32 Å². The number of halogens is 3. The Balaban J connectivity index is 2.54. The van der Waals surface area contributed by atoms with Crippen LogP contribution >= 0.6 is 0 Å². The molecule has 1 unspecified atom stereocenters. The van der Waals surface area contributed by atoms with Gasteiger partial charge in [0.05, 0.1) is 6.04 Å². The summed E-state index contributed by atoms with van der Waals surface area (Å²) in [6.45, 7) is 3.83. The average molecular weight is 279 g/mol. The fourth-order valence-electron chi connectivity index (χ4n) is 2.18. The standard InChI is InChI=1S/C16H16F3N/c1-3-20-16(11-6-4-5-7-13(11)17)12-9-14(18)10(2)8-15(12)19/h4-9,16,20H,3H2,1-2H3. The van der Waals surface area contributed by atoms with Gasteiger partial charge in [0.25, 0.3) is 0 Å². The largest absolute Gasteiger partial charge is 0.306 e. The van der Waals surface area contributed by atoms with Crippen LogP contribution in [0.25, 0.3) is 0 Å². The molecule has 2 aromatic carbocycles. The Labute approximate surface area is 116 Å². The lowest BCUT2D eigenvalue weighted by molar-refractivity contribution is 0.521. The van der Waals surface area contributed by atoms with Gasteiger partial charge in [-0.15, -0.1) is 0 Å². The second-order valence-corrected chi connectivity index (χ2v) is 4.64. The highest BCUT2D eigenvalue weighted by Crippen LogP contribution is 2.28. The SMILES string of the molecule is CCNC(c1ccccc1F)c1cc(F)c(C)cc1F. The van der Waals surface area contributed by atoms with E-state index in [1.165, 1.54) is 13.0 Å². The topological polar surface area (TPSA) is 12.0 Å². The number of nitrogens with one attached hydrogen (secondary N) is 1. The number of rotatable bonds is 4. The molecule has 0 aliphatic rings. The van der Waals surface area contributed by atoms with Gasteiger partial charge in [-0.2, -0.15) is 0 Å². The quantitative estimate of drug-likeness (QED) is 0.888. The van der Waals surface area contributed by atoms with Crippen molar-refractivity contribution in [3.05, 3.63) is 70.5 Å². The van der Waals surface area contributed by atoms with Crippen LogP contribution in [0.1, 0.15) is 29.7 Å². The first-order valence-electron chi connectivity index (χ1n) is 6.48. The normalized spacial score (nSPS) is 12.4. The zero-order chi connectivity index (χ0) is 14.7. The Hall–Kier alpha value is -1.81. The fourth-order valence-corrected chi connectivity index (χ4v) is 2.18. The van der Waals surface area contributed by atoms with Crippen molar-refractivity contribution in [2.24, 2.45) is 0 Å². The molecule has 0 amide bonds. The lowest BCUT2D eigenvalue weighted by Crippen LogP contribution is -2.24. The Morgan fingerprint density at radius 2 is 1.65 bits per heavy atom. The molecule has 0 aromatic heterocycles. The molecule has 0 heterocycles. The van der Waals surface area contributed by atoms with E-state index in [-0.39, 0.29) is 11.1 Å². The van der Waals surface area contributed by atoms with E-state index in [4.69, 9.17) is 0 Å². The summed E-state index contributed by atoms with van der Waals surface area (Å²) in [6.07, 6.45) is 0. The van der Waals surface area contributed by atoms with Crippen molar-refractivity contribution in [2.75, 3.05) is 6.54 Å². The van der Waals surface area contributed by atoms with Crippen LogP contribution in [-0.4, -0.2) is 6.54 Å². The molecule has 0 fully saturated rings. The van der Waals surface area contributed by atoms with Gasteiger partial charge in [-0.3, -0.25) is 0 Å². The molecular formula is C16H16F3N. The molecule has 1 atom stereocenters. The molecule has 0 aliphatic heterocycles. The van der Waals surface area contributed by atoms with E-state index < -0.39 is 23.5 Å². The molecule has 0 spiro atoms. The lowest BCUT2D eigenvalue weighted by atomic mass is 9.96. The van der Waals surface area contributed by atoms with Crippen LogP contribution in [0.2, 0.25) is 0 Å². The van der Waals surface area contributed by atoms with Crippen molar-refractivity contribution < 1.29 is 13.2 Å². The Morgan fingerprint density at radius 1 is 0.950 bits per heavy atom. The lowest BCUT2D eigenvalue weighted by Gasteiger charge is -2.20. The van der Waals surface area contributed by atoms with Crippen molar-refractivity contribution in [1.82, 2.24) is 5.32 Å². The monoisotopic (exact) mass is 279 g/mol. The number of hydrogen-bond donors (Lipinski definition) is 1. The number of benzene rings is 2. The molecule has 0 saturated carbocycles. The third-order valence-electron chi connectivity index (χ3n) is 3.21. The maximum absolute atomic E-state index is 14.1. The zero-order valence-corrected chi connectivity index (χ0v) is 11.4. The van der Waals surface area contributed by atoms with E-state index >= 15 is 0 Å². The van der Waals surface area contributed by atoms with Crippen molar-refractivity contribution >= 4 is 0 Å². The van der Waals surface area contributed by atoms with E-state index in [0.29, 0.717) is 12.1 Å². The highest BCUT2D eigenvalue weighted by atomic mass is 19.1. The minimum Gasteiger partial charge on any atom is -0.306 e. The first kappa shape index (κ1) is 14.6. The van der Waals surface area contributed by atoms with Gasteiger partial charge in [0, 0.05) is 11.1 Å². The first-order chi connectivity index (χ1) is 9.54. The van der Waals surface area contributed by atoms with E-state index in [0.717, 1.165) is 12.1 Å². The molecule has 20 heavy (non-hydrogen) atoms. The van der Waals surface area contributed by atoms with Gasteiger partial charge in [0.15, 0.2) is 0 Å². The molecule has 0 saturated heterocycles. The van der Waals surface area contributed by atoms with Gasteiger partial charge >= 0.3 is 0 Å². The summed E-state index contributed by atoms with van der Waals surface area (Å²) in [7, 11) is 0. The Morgan fingerprint density at radius 3 is 2.30 bits per heavy atom. The second-order valence-electron chi connectivity index (χ2n) is 4.64. The molecule has 4 heteroatoms.